The van der Waals surface area contributed by atoms with Crippen molar-refractivity contribution in [2.75, 3.05) is 30.3 Å². The van der Waals surface area contributed by atoms with Gasteiger partial charge in [-0.15, -0.1) is 0 Å². The number of carbonyl (C=O) groups excluding carboxylic acids is 2. The van der Waals surface area contributed by atoms with Crippen LogP contribution in [-0.2, 0) is 25.8 Å². The van der Waals surface area contributed by atoms with Crippen LogP contribution >= 0.6 is 15.9 Å². The van der Waals surface area contributed by atoms with Crippen LogP contribution in [0.2, 0.25) is 0 Å². The largest absolute Gasteiger partial charge is 0.486 e. The minimum Gasteiger partial charge on any atom is -0.486 e. The first-order chi connectivity index (χ1) is 15.8. The third-order valence-electron chi connectivity index (χ3n) is 5.62. The number of benzene rings is 2. The van der Waals surface area contributed by atoms with Crippen molar-refractivity contribution in [3.8, 4) is 11.5 Å². The third-order valence-corrected chi connectivity index (χ3v) is 7.80. The molecule has 33 heavy (non-hydrogen) atoms. The number of halogens is 1. The van der Waals surface area contributed by atoms with Crippen LogP contribution in [0.25, 0.3) is 0 Å². The van der Waals surface area contributed by atoms with Crippen LogP contribution in [0.15, 0.2) is 45.8 Å². The van der Waals surface area contributed by atoms with E-state index in [4.69, 9.17) is 9.47 Å². The standard InChI is InChI=1S/C23H25BrN2O6S/c1-2-22(28)26-9-7-15-11-16(24)12-20(23(15)26)33(29,30)10-8-21(27)25-13-17-14-31-18-5-3-4-6-19(18)32-17/h3-6,11-12,17H,2,7-10,13-14H2,1H3,(H,25,27). The van der Waals surface area contributed by atoms with Crippen LogP contribution in [0, 0.1) is 0 Å². The van der Waals surface area contributed by atoms with Crippen LogP contribution in [0.3, 0.4) is 0 Å². The number of amides is 2. The smallest absolute Gasteiger partial charge is 0.226 e. The summed E-state index contributed by atoms with van der Waals surface area (Å²) in [5.74, 6) is 0.389. The lowest BCUT2D eigenvalue weighted by Crippen LogP contribution is -2.41. The number of fused-ring (bicyclic) bond motifs is 2. The number of rotatable bonds is 7. The Kier molecular flexibility index (Phi) is 6.94. The van der Waals surface area contributed by atoms with Crippen molar-refractivity contribution in [1.29, 1.82) is 0 Å². The summed E-state index contributed by atoms with van der Waals surface area (Å²) in [6.45, 7) is 2.70. The molecule has 4 rings (SSSR count). The number of para-hydroxylation sites is 2. The Morgan fingerprint density at radius 3 is 2.73 bits per heavy atom. The Bertz CT molecular complexity index is 1180. The predicted octanol–water partition coefficient (Wildman–Crippen LogP) is 2.87. The lowest BCUT2D eigenvalue weighted by molar-refractivity contribution is -0.121. The van der Waals surface area contributed by atoms with E-state index < -0.39 is 15.7 Å². The van der Waals surface area contributed by atoms with E-state index in [0.29, 0.717) is 41.2 Å². The van der Waals surface area contributed by atoms with E-state index in [1.165, 1.54) is 11.0 Å². The van der Waals surface area contributed by atoms with Gasteiger partial charge < -0.3 is 19.7 Å². The molecule has 10 heteroatoms. The van der Waals surface area contributed by atoms with E-state index in [2.05, 4.69) is 21.2 Å². The summed E-state index contributed by atoms with van der Waals surface area (Å²) < 4.78 is 38.4. The molecule has 1 unspecified atom stereocenters. The molecule has 0 fully saturated rings. The minimum absolute atomic E-state index is 0.0830. The van der Waals surface area contributed by atoms with Crippen molar-refractivity contribution in [3.05, 3.63) is 46.4 Å². The van der Waals surface area contributed by atoms with Gasteiger partial charge in [-0.2, -0.15) is 0 Å². The molecule has 0 radical (unpaired) electrons. The van der Waals surface area contributed by atoms with Gasteiger partial charge in [0.15, 0.2) is 21.3 Å². The topological polar surface area (TPSA) is 102 Å². The van der Waals surface area contributed by atoms with Gasteiger partial charge in [0.1, 0.15) is 12.7 Å². The van der Waals surface area contributed by atoms with Crippen molar-refractivity contribution in [1.82, 2.24) is 5.32 Å². The maximum atomic E-state index is 13.2. The fraction of sp³-hybridized carbons (Fsp3) is 0.391. The average molecular weight is 537 g/mol. The maximum Gasteiger partial charge on any atom is 0.226 e. The quantitative estimate of drug-likeness (QED) is 0.583. The second-order valence-corrected chi connectivity index (χ2v) is 10.9. The van der Waals surface area contributed by atoms with Gasteiger partial charge >= 0.3 is 0 Å². The van der Waals surface area contributed by atoms with Gasteiger partial charge in [0.2, 0.25) is 11.8 Å². The van der Waals surface area contributed by atoms with Crippen LogP contribution in [-0.4, -0.2) is 51.8 Å². The lowest BCUT2D eigenvalue weighted by Gasteiger charge is -2.26. The summed E-state index contributed by atoms with van der Waals surface area (Å²) in [5.41, 5.74) is 1.25. The van der Waals surface area contributed by atoms with E-state index in [0.717, 1.165) is 5.56 Å². The molecule has 176 valence electrons. The zero-order valence-electron chi connectivity index (χ0n) is 18.2. The molecule has 2 aromatic rings. The zero-order chi connectivity index (χ0) is 23.6. The van der Waals surface area contributed by atoms with Gasteiger partial charge in [0.25, 0.3) is 0 Å². The Morgan fingerprint density at radius 1 is 1.21 bits per heavy atom. The van der Waals surface area contributed by atoms with Crippen molar-refractivity contribution in [3.63, 3.8) is 0 Å². The highest BCUT2D eigenvalue weighted by molar-refractivity contribution is 9.10. The molecular formula is C23H25BrN2O6S. The van der Waals surface area contributed by atoms with E-state index in [1.54, 1.807) is 13.0 Å². The van der Waals surface area contributed by atoms with Crippen LogP contribution in [0.5, 0.6) is 11.5 Å². The highest BCUT2D eigenvalue weighted by atomic mass is 79.9. The fourth-order valence-corrected chi connectivity index (χ4v) is 6.14. The Balaban J connectivity index is 1.39. The van der Waals surface area contributed by atoms with Gasteiger partial charge in [-0.1, -0.05) is 35.0 Å². The Morgan fingerprint density at radius 2 is 1.97 bits per heavy atom. The summed E-state index contributed by atoms with van der Waals surface area (Å²) in [7, 11) is -3.80. The third kappa shape index (κ3) is 5.16. The molecule has 0 aromatic heterocycles. The first kappa shape index (κ1) is 23.6. The number of sulfone groups is 1. The highest BCUT2D eigenvalue weighted by Crippen LogP contribution is 2.38. The molecule has 0 saturated heterocycles. The molecule has 0 aliphatic carbocycles. The van der Waals surface area contributed by atoms with Crippen molar-refractivity contribution in [2.24, 2.45) is 0 Å². The molecule has 0 bridgehead atoms. The zero-order valence-corrected chi connectivity index (χ0v) is 20.6. The second-order valence-electron chi connectivity index (χ2n) is 7.93. The lowest BCUT2D eigenvalue weighted by atomic mass is 10.2. The van der Waals surface area contributed by atoms with Crippen molar-refractivity contribution in [2.45, 2.75) is 37.2 Å². The first-order valence-corrected chi connectivity index (χ1v) is 13.2. The summed E-state index contributed by atoms with van der Waals surface area (Å²) in [5, 5.41) is 2.72. The maximum absolute atomic E-state index is 13.2. The Hall–Kier alpha value is -2.59. The highest BCUT2D eigenvalue weighted by Gasteiger charge is 2.32. The van der Waals surface area contributed by atoms with Gasteiger partial charge in [-0.05, 0) is 36.2 Å². The molecule has 2 heterocycles. The summed E-state index contributed by atoms with van der Waals surface area (Å²) in [6.07, 6.45) is 0.322. The normalized spacial score (nSPS) is 16.9. The molecule has 2 aliphatic heterocycles. The average Bonchev–Trinajstić information content (AvgIpc) is 3.23. The van der Waals surface area contributed by atoms with Gasteiger partial charge in [-0.3, -0.25) is 9.59 Å². The molecule has 2 aliphatic rings. The minimum atomic E-state index is -3.80. The molecule has 1 atom stereocenters. The molecule has 8 nitrogen and oxygen atoms in total. The number of carbonyl (C=O) groups is 2. The van der Waals surface area contributed by atoms with Crippen LogP contribution in [0.4, 0.5) is 5.69 Å². The molecule has 1 N–H and O–H groups in total. The van der Waals surface area contributed by atoms with Gasteiger partial charge in [0, 0.05) is 23.9 Å². The molecule has 0 spiro atoms. The van der Waals surface area contributed by atoms with E-state index in [-0.39, 0.29) is 42.0 Å². The van der Waals surface area contributed by atoms with Crippen molar-refractivity contribution < 1.29 is 27.5 Å². The SMILES string of the molecule is CCC(=O)N1CCc2cc(Br)cc(S(=O)(=O)CCC(=O)NCC3COc4ccccc4O3)c21. The van der Waals surface area contributed by atoms with Gasteiger partial charge in [0.05, 0.1) is 22.9 Å². The first-order valence-electron chi connectivity index (χ1n) is 10.8. The van der Waals surface area contributed by atoms with Crippen molar-refractivity contribution >= 4 is 43.3 Å². The molecule has 2 aromatic carbocycles. The number of ether oxygens (including phenoxy) is 2. The molecular weight excluding hydrogens is 512 g/mol. The number of hydrogen-bond acceptors (Lipinski definition) is 6. The number of hydrogen-bond donors (Lipinski definition) is 1. The Labute approximate surface area is 201 Å². The number of nitrogens with one attached hydrogen (secondary N) is 1. The molecule has 0 saturated carbocycles. The monoisotopic (exact) mass is 536 g/mol. The van der Waals surface area contributed by atoms with E-state index in [9.17, 15) is 18.0 Å². The second kappa shape index (κ2) is 9.72. The van der Waals surface area contributed by atoms with Crippen LogP contribution < -0.4 is 19.7 Å². The number of anilines is 1. The fourth-order valence-electron chi connectivity index (χ4n) is 3.96. The predicted molar refractivity (Wildman–Crippen MR) is 127 cm³/mol. The number of nitrogens with zero attached hydrogens (tertiary/aromatic N) is 1. The summed E-state index contributed by atoms with van der Waals surface area (Å²) in [4.78, 5) is 26.4. The van der Waals surface area contributed by atoms with Crippen LogP contribution in [0.1, 0.15) is 25.3 Å². The van der Waals surface area contributed by atoms with E-state index >= 15 is 0 Å². The summed E-state index contributed by atoms with van der Waals surface area (Å²) >= 11 is 3.37. The van der Waals surface area contributed by atoms with E-state index in [1.807, 2.05) is 24.3 Å². The summed E-state index contributed by atoms with van der Waals surface area (Å²) in [6, 6.07) is 10.6. The molecule has 2 amide bonds. The van der Waals surface area contributed by atoms with Gasteiger partial charge in [-0.25, -0.2) is 8.42 Å².